The van der Waals surface area contributed by atoms with Crippen molar-refractivity contribution in [3.8, 4) is 0 Å². The zero-order valence-electron chi connectivity index (χ0n) is 15.7. The first kappa shape index (κ1) is 19.4. The molecule has 2 aliphatic heterocycles. The molecule has 3 N–H and O–H groups in total. The van der Waals surface area contributed by atoms with Gasteiger partial charge in [0.15, 0.2) is 0 Å². The number of rotatable bonds is 6. The SMILES string of the molecule is NC(C=Cc1cccs1)=Cc1ccc(C=C2C=CC(C=C3C=CC([CH]=[Zn])=N3)=N2)[nH]1. The molecule has 0 amide bonds. The molecule has 2 aromatic heterocycles. The van der Waals surface area contributed by atoms with E-state index < -0.39 is 0 Å². The third-order valence-corrected chi connectivity index (χ3v) is 5.93. The number of nitrogens with one attached hydrogen (secondary N) is 1. The van der Waals surface area contributed by atoms with E-state index in [0.717, 1.165) is 52.1 Å². The number of hydrogen-bond acceptors (Lipinski definition) is 4. The Morgan fingerprint density at radius 3 is 2.48 bits per heavy atom. The van der Waals surface area contributed by atoms with Crippen LogP contribution < -0.4 is 5.73 Å². The van der Waals surface area contributed by atoms with Crippen molar-refractivity contribution in [2.75, 3.05) is 0 Å². The van der Waals surface area contributed by atoms with E-state index in [4.69, 9.17) is 5.73 Å². The van der Waals surface area contributed by atoms with Gasteiger partial charge in [0.2, 0.25) is 0 Å². The first-order chi connectivity index (χ1) is 14.2. The number of hydrogen-bond donors (Lipinski definition) is 2. The second-order valence-electron chi connectivity index (χ2n) is 6.44. The fraction of sp³-hybridized carbons (Fsp3) is 0. The summed E-state index contributed by atoms with van der Waals surface area (Å²) in [5, 5.41) is 2.05. The zero-order chi connectivity index (χ0) is 20.1. The van der Waals surface area contributed by atoms with E-state index >= 15 is 0 Å². The van der Waals surface area contributed by atoms with Gasteiger partial charge in [-0.05, 0) is 29.7 Å². The van der Waals surface area contributed by atoms with Gasteiger partial charge in [0, 0.05) is 10.6 Å². The fourth-order valence-corrected chi connectivity index (χ4v) is 3.94. The molecule has 138 valence electrons. The Hall–Kier alpha value is -2.95. The first-order valence-corrected chi connectivity index (χ1v) is 11.7. The summed E-state index contributed by atoms with van der Waals surface area (Å²) in [7, 11) is 0. The minimum absolute atomic E-state index is 0.698. The average molecular weight is 448 g/mol. The Labute approximate surface area is 183 Å². The Balaban J connectivity index is 1.44. The number of aromatic amines is 1. The molecule has 0 aliphatic carbocycles. The average Bonchev–Trinajstić information content (AvgIpc) is 3.50. The molecule has 0 spiro atoms. The Kier molecular flexibility index (Phi) is 6.04. The fourth-order valence-electron chi connectivity index (χ4n) is 2.84. The number of H-pyrrole nitrogens is 1. The van der Waals surface area contributed by atoms with Gasteiger partial charge in [-0.2, -0.15) is 0 Å². The number of aromatic nitrogens is 1. The van der Waals surface area contributed by atoms with Crippen LogP contribution in [0, 0.1) is 0 Å². The Bertz CT molecular complexity index is 1170. The van der Waals surface area contributed by atoms with Crippen LogP contribution in [-0.2, 0) is 17.9 Å². The normalized spacial score (nSPS) is 19.0. The van der Waals surface area contributed by atoms with E-state index in [1.54, 1.807) is 11.3 Å². The molecule has 0 atom stereocenters. The molecule has 0 bridgehead atoms. The van der Waals surface area contributed by atoms with Gasteiger partial charge < -0.3 is 5.73 Å². The van der Waals surface area contributed by atoms with Crippen molar-refractivity contribution in [3.63, 3.8) is 0 Å². The predicted molar refractivity (Wildman–Crippen MR) is 122 cm³/mol. The summed E-state index contributed by atoms with van der Waals surface area (Å²) in [4.78, 5) is 13.7. The van der Waals surface area contributed by atoms with Crippen molar-refractivity contribution in [1.29, 1.82) is 0 Å². The van der Waals surface area contributed by atoms with Gasteiger partial charge in [0.1, 0.15) is 0 Å². The molecule has 6 heteroatoms. The van der Waals surface area contributed by atoms with Crippen LogP contribution in [0.4, 0.5) is 0 Å². The van der Waals surface area contributed by atoms with E-state index in [1.165, 1.54) is 4.88 Å². The van der Waals surface area contributed by atoms with Crippen molar-refractivity contribution >= 4 is 45.6 Å². The van der Waals surface area contributed by atoms with Gasteiger partial charge in [-0.3, -0.25) is 0 Å². The summed E-state index contributed by atoms with van der Waals surface area (Å²) in [6.07, 6.45) is 17.9. The third kappa shape index (κ3) is 5.31. The molecule has 0 unspecified atom stereocenters. The number of thiophene rings is 1. The number of nitrogens with zero attached hydrogens (tertiary/aromatic N) is 2. The zero-order valence-corrected chi connectivity index (χ0v) is 19.5. The van der Waals surface area contributed by atoms with Crippen molar-refractivity contribution in [2.45, 2.75) is 0 Å². The van der Waals surface area contributed by atoms with Crippen LogP contribution in [0.3, 0.4) is 0 Å². The molecule has 29 heavy (non-hydrogen) atoms. The van der Waals surface area contributed by atoms with E-state index in [0.29, 0.717) is 5.70 Å². The third-order valence-electron chi connectivity index (χ3n) is 4.21. The Morgan fingerprint density at radius 2 is 1.72 bits per heavy atom. The van der Waals surface area contributed by atoms with Crippen LogP contribution in [0.2, 0.25) is 0 Å². The number of nitrogens with two attached hydrogens (primary N) is 1. The maximum atomic E-state index is 6.10. The predicted octanol–water partition coefficient (Wildman–Crippen LogP) is 4.68. The van der Waals surface area contributed by atoms with Crippen molar-refractivity contribution in [2.24, 2.45) is 15.7 Å². The quantitative estimate of drug-likeness (QED) is 0.490. The van der Waals surface area contributed by atoms with E-state index in [-0.39, 0.29) is 0 Å². The first-order valence-electron chi connectivity index (χ1n) is 9.15. The van der Waals surface area contributed by atoms with E-state index in [1.807, 2.05) is 78.3 Å². The van der Waals surface area contributed by atoms with Gasteiger partial charge >= 0.3 is 120 Å². The van der Waals surface area contributed by atoms with Gasteiger partial charge in [-0.1, -0.05) is 6.07 Å². The molecule has 2 aliphatic rings. The molecular formula is C23H18N4SZn. The number of aliphatic imine (C=N–C) groups is 2. The minimum atomic E-state index is 0.698. The summed E-state index contributed by atoms with van der Waals surface area (Å²) < 4.78 is 2.11. The molecule has 0 aromatic carbocycles. The molecule has 0 radical (unpaired) electrons. The number of allylic oxidation sites excluding steroid dienone is 6. The van der Waals surface area contributed by atoms with Gasteiger partial charge in [0.05, 0.1) is 0 Å². The topological polar surface area (TPSA) is 66.5 Å². The molecule has 4 nitrogen and oxygen atoms in total. The van der Waals surface area contributed by atoms with Crippen molar-refractivity contribution in [3.05, 3.63) is 99.5 Å². The van der Waals surface area contributed by atoms with Crippen molar-refractivity contribution < 1.29 is 17.9 Å². The maximum absolute atomic E-state index is 6.10. The molecule has 2 aromatic rings. The molecule has 4 rings (SSSR count). The monoisotopic (exact) mass is 446 g/mol. The molecule has 4 heterocycles. The standard InChI is InChI=1S/C23H18N4S.Zn/c1-16-4-6-19(25-16)14-20-9-10-22(27-20)15-21-8-7-18(26-21)13-17(24)5-11-23-3-2-12-28-23;/h1-15,26H,24H2;. The molecular weight excluding hydrogens is 430 g/mol. The second-order valence-corrected chi connectivity index (χ2v) is 8.28. The van der Waals surface area contributed by atoms with Gasteiger partial charge in [-0.25, -0.2) is 0 Å². The van der Waals surface area contributed by atoms with Crippen LogP contribution in [0.5, 0.6) is 0 Å². The summed E-state index contributed by atoms with van der Waals surface area (Å²) in [5.41, 5.74) is 12.5. The van der Waals surface area contributed by atoms with Crippen LogP contribution in [0.25, 0.3) is 18.2 Å². The Morgan fingerprint density at radius 1 is 0.966 bits per heavy atom. The van der Waals surface area contributed by atoms with Crippen molar-refractivity contribution in [1.82, 2.24) is 4.98 Å². The summed E-state index contributed by atoms with van der Waals surface area (Å²) in [6, 6.07) is 8.11. The summed E-state index contributed by atoms with van der Waals surface area (Å²) in [6.45, 7) is 0. The summed E-state index contributed by atoms with van der Waals surface area (Å²) >= 11 is 2.79. The van der Waals surface area contributed by atoms with E-state index in [2.05, 4.69) is 25.6 Å². The molecule has 0 saturated heterocycles. The summed E-state index contributed by atoms with van der Waals surface area (Å²) in [5.74, 6) is 0. The van der Waals surface area contributed by atoms with Crippen LogP contribution in [0.1, 0.15) is 16.3 Å². The molecule has 0 fully saturated rings. The van der Waals surface area contributed by atoms with Crippen LogP contribution in [-0.4, -0.2) is 21.0 Å². The van der Waals surface area contributed by atoms with E-state index in [9.17, 15) is 0 Å². The van der Waals surface area contributed by atoms with Crippen LogP contribution >= 0.6 is 11.3 Å². The molecule has 0 saturated carbocycles. The van der Waals surface area contributed by atoms with Gasteiger partial charge in [0.25, 0.3) is 0 Å². The second kappa shape index (κ2) is 9.04. The van der Waals surface area contributed by atoms with Crippen LogP contribution in [0.15, 0.2) is 93.2 Å². The van der Waals surface area contributed by atoms with Gasteiger partial charge in [-0.15, -0.1) is 11.3 Å².